The zero-order valence-corrected chi connectivity index (χ0v) is 23.2. The molecule has 6 heteroatoms. The summed E-state index contributed by atoms with van der Waals surface area (Å²) in [6, 6.07) is 4.51. The molecule has 2 heterocycles. The van der Waals surface area contributed by atoms with Gasteiger partial charge in [0.25, 0.3) is 5.91 Å². The van der Waals surface area contributed by atoms with Gasteiger partial charge in [-0.25, -0.2) is 0 Å². The SMILES string of the molecule is COC12CC[C@H](CC1C(C)(O)C(C)(C)C)C1[C@H]3Cc4ccc(C(N)=O)c5c4C1(CCN3CC1CC1)[C@H]2O5. The molecule has 0 radical (unpaired) electrons. The van der Waals surface area contributed by atoms with Crippen molar-refractivity contribution in [2.45, 2.75) is 101 Å². The van der Waals surface area contributed by atoms with Gasteiger partial charge in [0.1, 0.15) is 17.5 Å². The molecule has 202 valence electrons. The lowest BCUT2D eigenvalue weighted by atomic mass is 9.52. The van der Waals surface area contributed by atoms with Gasteiger partial charge in [0.15, 0.2) is 0 Å². The van der Waals surface area contributed by atoms with Gasteiger partial charge in [-0.2, -0.15) is 0 Å². The Morgan fingerprint density at radius 1 is 1.22 bits per heavy atom. The van der Waals surface area contributed by atoms with Crippen LogP contribution >= 0.6 is 0 Å². The number of carbonyl (C=O) groups excluding carboxylic acids is 1. The summed E-state index contributed by atoms with van der Waals surface area (Å²) >= 11 is 0. The smallest absolute Gasteiger partial charge is 0.252 e. The summed E-state index contributed by atoms with van der Waals surface area (Å²) in [5.74, 6) is 1.98. The number of methoxy groups -OCH3 is 1. The molecule has 1 aromatic carbocycles. The topological polar surface area (TPSA) is 85.0 Å². The quantitative estimate of drug-likeness (QED) is 0.627. The number of primary amides is 1. The van der Waals surface area contributed by atoms with Crippen LogP contribution in [0.15, 0.2) is 12.1 Å². The standard InChI is InChI=1S/C31H44N2O4/c1-28(2,3)29(4,35)22-15-19-10-11-31(22,36-5)27-30-12-13-33(16-17-6-7-17)21(23(19)30)14-18-8-9-20(26(32)34)25(37-27)24(18)30/h8-9,17,19,21-23,27,35H,6-7,10-16H2,1-5H3,(H2,32,34)/t19-,21-,22?,23?,27-,29?,30?,31?/m1/s1. The summed E-state index contributed by atoms with van der Waals surface area (Å²) in [5, 5.41) is 12.3. The largest absolute Gasteiger partial charge is 0.485 e. The van der Waals surface area contributed by atoms with Crippen LogP contribution in [-0.2, 0) is 16.6 Å². The summed E-state index contributed by atoms with van der Waals surface area (Å²) < 4.78 is 13.8. The van der Waals surface area contributed by atoms with Crippen molar-refractivity contribution in [1.29, 1.82) is 0 Å². The van der Waals surface area contributed by atoms with Crippen LogP contribution in [0, 0.1) is 29.1 Å². The average molecular weight is 509 g/mol. The Hall–Kier alpha value is -1.63. The highest BCUT2D eigenvalue weighted by Crippen LogP contribution is 2.70. The Kier molecular flexibility index (Phi) is 4.96. The number of nitrogens with two attached hydrogens (primary N) is 1. The Morgan fingerprint density at radius 2 is 1.97 bits per heavy atom. The first-order valence-corrected chi connectivity index (χ1v) is 14.6. The van der Waals surface area contributed by atoms with Crippen molar-refractivity contribution >= 4 is 5.91 Å². The van der Waals surface area contributed by atoms with Gasteiger partial charge in [-0.05, 0) is 93.2 Å². The monoisotopic (exact) mass is 508 g/mol. The molecular weight excluding hydrogens is 464 g/mol. The molecule has 37 heavy (non-hydrogen) atoms. The van der Waals surface area contributed by atoms with Gasteiger partial charge in [-0.1, -0.05) is 26.8 Å². The number of aliphatic hydroxyl groups is 1. The third-order valence-corrected chi connectivity index (χ3v) is 12.2. The normalized spacial score (nSPS) is 41.5. The second-order valence-corrected chi connectivity index (χ2v) is 14.5. The third kappa shape index (κ3) is 2.96. The molecule has 1 spiro atoms. The maximum atomic E-state index is 12.6. The van der Waals surface area contributed by atoms with Crippen LogP contribution in [0.4, 0.5) is 0 Å². The summed E-state index contributed by atoms with van der Waals surface area (Å²) in [5.41, 5.74) is 6.90. The summed E-state index contributed by atoms with van der Waals surface area (Å²) in [6.07, 6.45) is 7.44. The number of benzene rings is 1. The van der Waals surface area contributed by atoms with E-state index in [1.807, 2.05) is 20.1 Å². The number of rotatable bonds is 5. The van der Waals surface area contributed by atoms with E-state index in [4.69, 9.17) is 15.2 Å². The maximum Gasteiger partial charge on any atom is 0.252 e. The molecule has 5 aliphatic carbocycles. The van der Waals surface area contributed by atoms with Gasteiger partial charge >= 0.3 is 0 Å². The van der Waals surface area contributed by atoms with Crippen molar-refractivity contribution in [3.8, 4) is 5.75 Å². The van der Waals surface area contributed by atoms with E-state index in [1.165, 1.54) is 30.5 Å². The van der Waals surface area contributed by atoms with E-state index in [9.17, 15) is 9.90 Å². The van der Waals surface area contributed by atoms with Gasteiger partial charge in [0.05, 0.1) is 11.2 Å². The van der Waals surface area contributed by atoms with Crippen LogP contribution in [0.25, 0.3) is 0 Å². The van der Waals surface area contributed by atoms with Gasteiger partial charge in [0, 0.05) is 36.6 Å². The number of amides is 1. The Bertz CT molecular complexity index is 1150. The minimum Gasteiger partial charge on any atom is -0.485 e. The van der Waals surface area contributed by atoms with Crippen LogP contribution in [0.5, 0.6) is 5.75 Å². The molecule has 4 bridgehead atoms. The molecule has 5 fully saturated rings. The highest BCUT2D eigenvalue weighted by molar-refractivity contribution is 5.97. The lowest BCUT2D eigenvalue weighted by molar-refractivity contribution is -0.223. The second-order valence-electron chi connectivity index (χ2n) is 14.5. The van der Waals surface area contributed by atoms with E-state index in [1.54, 1.807) is 0 Å². The van der Waals surface area contributed by atoms with Crippen LogP contribution in [0.2, 0.25) is 0 Å². The van der Waals surface area contributed by atoms with Crippen molar-refractivity contribution in [3.63, 3.8) is 0 Å². The Balaban J connectivity index is 1.47. The number of piperidine rings is 1. The predicted molar refractivity (Wildman–Crippen MR) is 142 cm³/mol. The van der Waals surface area contributed by atoms with E-state index >= 15 is 0 Å². The Morgan fingerprint density at radius 3 is 2.62 bits per heavy atom. The average Bonchev–Trinajstić information content (AvgIpc) is 3.63. The summed E-state index contributed by atoms with van der Waals surface area (Å²) in [6.45, 7) is 10.7. The van der Waals surface area contributed by atoms with Crippen LogP contribution in [-0.4, -0.2) is 59.5 Å². The number of fused-ring (bicyclic) bond motifs is 2. The molecule has 5 unspecified atom stereocenters. The Labute approximate surface area is 221 Å². The molecule has 2 aliphatic heterocycles. The van der Waals surface area contributed by atoms with Crippen LogP contribution in [0.3, 0.4) is 0 Å². The predicted octanol–water partition coefficient (Wildman–Crippen LogP) is 4.05. The number of nitrogens with zero attached hydrogens (tertiary/aromatic N) is 1. The fourth-order valence-corrected chi connectivity index (χ4v) is 9.84. The van der Waals surface area contributed by atoms with Crippen molar-refractivity contribution in [2.24, 2.45) is 34.8 Å². The van der Waals surface area contributed by atoms with E-state index in [2.05, 4.69) is 31.7 Å². The molecule has 8 rings (SSSR count). The second kappa shape index (κ2) is 7.51. The number of likely N-dealkylation sites (tertiary alicyclic amines) is 1. The van der Waals surface area contributed by atoms with E-state index in [-0.39, 0.29) is 22.9 Å². The van der Waals surface area contributed by atoms with Crippen molar-refractivity contribution < 1.29 is 19.4 Å². The molecule has 1 saturated heterocycles. The number of hydrogen-bond acceptors (Lipinski definition) is 5. The fourth-order valence-electron chi connectivity index (χ4n) is 9.84. The molecule has 4 saturated carbocycles. The van der Waals surface area contributed by atoms with Gasteiger partial charge in [-0.15, -0.1) is 0 Å². The zero-order valence-electron chi connectivity index (χ0n) is 23.2. The summed E-state index contributed by atoms with van der Waals surface area (Å²) in [7, 11) is 1.83. The lowest BCUT2D eigenvalue weighted by Gasteiger charge is -2.58. The number of hydrogen-bond donors (Lipinski definition) is 2. The molecule has 3 N–H and O–H groups in total. The van der Waals surface area contributed by atoms with Gasteiger partial charge in [0.2, 0.25) is 0 Å². The maximum absolute atomic E-state index is 12.6. The molecule has 1 aromatic rings. The minimum atomic E-state index is -0.943. The minimum absolute atomic E-state index is 0.0679. The van der Waals surface area contributed by atoms with E-state index < -0.39 is 17.1 Å². The highest BCUT2D eigenvalue weighted by atomic mass is 16.6. The van der Waals surface area contributed by atoms with Gasteiger partial charge in [-0.3, -0.25) is 9.69 Å². The van der Waals surface area contributed by atoms with Crippen molar-refractivity contribution in [3.05, 3.63) is 28.8 Å². The van der Waals surface area contributed by atoms with E-state index in [0.29, 0.717) is 29.2 Å². The molecule has 7 aliphatic rings. The fraction of sp³-hybridized carbons (Fsp3) is 0.774. The number of ether oxygens (including phenoxy) is 2. The first-order chi connectivity index (χ1) is 17.5. The van der Waals surface area contributed by atoms with Gasteiger partial charge < -0.3 is 20.3 Å². The lowest BCUT2D eigenvalue weighted by Crippen LogP contribution is -2.68. The molecule has 1 amide bonds. The number of carbonyl (C=O) groups is 1. The summed E-state index contributed by atoms with van der Waals surface area (Å²) in [4.78, 5) is 15.4. The molecule has 0 aromatic heterocycles. The van der Waals surface area contributed by atoms with E-state index in [0.717, 1.165) is 44.6 Å². The van der Waals surface area contributed by atoms with Crippen LogP contribution in [0.1, 0.15) is 87.7 Å². The zero-order chi connectivity index (χ0) is 26.1. The molecular formula is C31H44N2O4. The first kappa shape index (κ1) is 24.4. The molecule has 8 atom stereocenters. The molecule has 6 nitrogen and oxygen atoms in total. The van der Waals surface area contributed by atoms with Crippen LogP contribution < -0.4 is 10.5 Å². The van der Waals surface area contributed by atoms with Crippen molar-refractivity contribution in [2.75, 3.05) is 20.2 Å². The third-order valence-electron chi connectivity index (χ3n) is 12.2. The first-order valence-electron chi connectivity index (χ1n) is 14.6. The highest BCUT2D eigenvalue weighted by Gasteiger charge is 2.75. The van der Waals surface area contributed by atoms with Crippen molar-refractivity contribution in [1.82, 2.24) is 4.90 Å².